The van der Waals surface area contributed by atoms with Crippen molar-refractivity contribution >= 4 is 33.3 Å². The number of hydrogen-bond acceptors (Lipinski definition) is 5. The molecule has 1 amide bonds. The fraction of sp³-hybridized carbons (Fsp3) is 0.100. The van der Waals surface area contributed by atoms with Gasteiger partial charge in [0.05, 0.1) is 17.4 Å². The van der Waals surface area contributed by atoms with Crippen molar-refractivity contribution in [1.29, 1.82) is 0 Å². The van der Waals surface area contributed by atoms with E-state index in [-0.39, 0.29) is 5.91 Å². The monoisotopic (exact) mass is 310 g/mol. The topological polar surface area (TPSA) is 97.9 Å². The van der Waals surface area contributed by atoms with Crippen molar-refractivity contribution in [3.05, 3.63) is 34.7 Å². The van der Waals surface area contributed by atoms with Gasteiger partial charge in [0.15, 0.2) is 5.82 Å². The first kappa shape index (κ1) is 12.5. The fourth-order valence-electron chi connectivity index (χ4n) is 1.41. The Bertz CT molecular complexity index is 581. The van der Waals surface area contributed by atoms with Crippen molar-refractivity contribution in [2.24, 2.45) is 12.9 Å². The second-order valence-electron chi connectivity index (χ2n) is 3.55. The maximum absolute atomic E-state index is 12.1. The second-order valence-corrected chi connectivity index (χ2v) is 4.47. The highest BCUT2D eigenvalue weighted by Crippen LogP contribution is 2.18. The van der Waals surface area contributed by atoms with E-state index in [9.17, 15) is 4.79 Å². The minimum absolute atomic E-state index is 0.305. The lowest BCUT2D eigenvalue weighted by atomic mass is 10.2. The standard InChI is InChI=1S/C10H11BrN6O/c1-17-5-7(4-14-17)15-10(18)8-2-6(11)3-13-9(8)16-12/h2-5H,12H2,1H3,(H,13,16)(H,15,18). The van der Waals surface area contributed by atoms with Crippen molar-refractivity contribution in [3.8, 4) is 0 Å². The Morgan fingerprint density at radius 3 is 2.89 bits per heavy atom. The van der Waals surface area contributed by atoms with E-state index in [2.05, 4.69) is 36.8 Å². The van der Waals surface area contributed by atoms with Gasteiger partial charge in [0.1, 0.15) is 0 Å². The number of carbonyl (C=O) groups is 1. The second kappa shape index (κ2) is 5.15. The number of halogens is 1. The molecule has 0 aliphatic rings. The first-order valence-electron chi connectivity index (χ1n) is 5.02. The number of aromatic nitrogens is 3. The van der Waals surface area contributed by atoms with Crippen molar-refractivity contribution < 1.29 is 4.79 Å². The summed E-state index contributed by atoms with van der Waals surface area (Å²) in [6.07, 6.45) is 4.80. The average molecular weight is 311 g/mol. The van der Waals surface area contributed by atoms with Crippen LogP contribution in [0, 0.1) is 0 Å². The van der Waals surface area contributed by atoms with Crippen LogP contribution in [0.3, 0.4) is 0 Å². The number of carbonyl (C=O) groups excluding carboxylic acids is 1. The Kier molecular flexibility index (Phi) is 3.58. The molecule has 18 heavy (non-hydrogen) atoms. The first-order valence-corrected chi connectivity index (χ1v) is 5.81. The third kappa shape index (κ3) is 2.66. The molecule has 0 aliphatic heterocycles. The van der Waals surface area contributed by atoms with Crippen LogP contribution in [0.1, 0.15) is 10.4 Å². The number of amides is 1. The highest BCUT2D eigenvalue weighted by atomic mass is 79.9. The molecule has 0 atom stereocenters. The van der Waals surface area contributed by atoms with E-state index in [0.29, 0.717) is 21.5 Å². The Morgan fingerprint density at radius 2 is 2.28 bits per heavy atom. The molecule has 7 nitrogen and oxygen atoms in total. The van der Waals surface area contributed by atoms with Crippen LogP contribution in [0.25, 0.3) is 0 Å². The van der Waals surface area contributed by atoms with Gasteiger partial charge in [0, 0.05) is 23.9 Å². The lowest BCUT2D eigenvalue weighted by molar-refractivity contribution is 0.102. The van der Waals surface area contributed by atoms with Crippen molar-refractivity contribution in [1.82, 2.24) is 14.8 Å². The van der Waals surface area contributed by atoms with E-state index in [1.54, 1.807) is 36.4 Å². The lowest BCUT2D eigenvalue weighted by Crippen LogP contribution is -2.18. The third-order valence-electron chi connectivity index (χ3n) is 2.20. The molecule has 0 bridgehead atoms. The summed E-state index contributed by atoms with van der Waals surface area (Å²) in [5, 5.41) is 6.66. The van der Waals surface area contributed by atoms with Gasteiger partial charge in [-0.15, -0.1) is 0 Å². The summed E-state index contributed by atoms with van der Waals surface area (Å²) in [5.74, 6) is 5.30. The van der Waals surface area contributed by atoms with Gasteiger partial charge in [-0.25, -0.2) is 10.8 Å². The molecule has 0 aromatic carbocycles. The maximum atomic E-state index is 12.1. The summed E-state index contributed by atoms with van der Waals surface area (Å²) in [6, 6.07) is 1.63. The van der Waals surface area contributed by atoms with Gasteiger partial charge in [-0.2, -0.15) is 5.10 Å². The van der Waals surface area contributed by atoms with Crippen molar-refractivity contribution in [2.75, 3.05) is 10.7 Å². The maximum Gasteiger partial charge on any atom is 0.259 e. The summed E-state index contributed by atoms with van der Waals surface area (Å²) in [7, 11) is 1.77. The molecule has 2 heterocycles. The smallest absolute Gasteiger partial charge is 0.259 e. The number of hydrogen-bond donors (Lipinski definition) is 3. The Morgan fingerprint density at radius 1 is 1.50 bits per heavy atom. The lowest BCUT2D eigenvalue weighted by Gasteiger charge is -2.07. The van der Waals surface area contributed by atoms with Gasteiger partial charge in [-0.1, -0.05) is 0 Å². The molecule has 0 saturated carbocycles. The molecular formula is C10H11BrN6O. The van der Waals surface area contributed by atoms with Crippen LogP contribution in [0.4, 0.5) is 11.5 Å². The van der Waals surface area contributed by atoms with E-state index < -0.39 is 0 Å². The number of rotatable bonds is 3. The van der Waals surface area contributed by atoms with Crippen molar-refractivity contribution in [2.45, 2.75) is 0 Å². The van der Waals surface area contributed by atoms with E-state index >= 15 is 0 Å². The van der Waals surface area contributed by atoms with Gasteiger partial charge in [-0.3, -0.25) is 9.48 Å². The molecule has 94 valence electrons. The van der Waals surface area contributed by atoms with E-state index in [1.165, 1.54) is 0 Å². The van der Waals surface area contributed by atoms with Gasteiger partial charge in [0.25, 0.3) is 5.91 Å². The Hall–Kier alpha value is -1.93. The van der Waals surface area contributed by atoms with Gasteiger partial charge >= 0.3 is 0 Å². The SMILES string of the molecule is Cn1cc(NC(=O)c2cc(Br)cnc2NN)cn1. The van der Waals surface area contributed by atoms with Crippen LogP contribution in [0.2, 0.25) is 0 Å². The first-order chi connectivity index (χ1) is 8.60. The van der Waals surface area contributed by atoms with Gasteiger partial charge in [0.2, 0.25) is 0 Å². The average Bonchev–Trinajstić information content (AvgIpc) is 2.74. The molecule has 0 saturated heterocycles. The highest BCUT2D eigenvalue weighted by molar-refractivity contribution is 9.10. The van der Waals surface area contributed by atoms with Crippen LogP contribution in [0.15, 0.2) is 29.1 Å². The molecule has 0 aliphatic carbocycles. The number of nitrogen functional groups attached to an aromatic ring is 1. The predicted molar refractivity (Wildman–Crippen MR) is 70.9 cm³/mol. The van der Waals surface area contributed by atoms with E-state index in [4.69, 9.17) is 5.84 Å². The Labute approximate surface area is 111 Å². The fourth-order valence-corrected chi connectivity index (χ4v) is 1.74. The predicted octanol–water partition coefficient (Wildman–Crippen LogP) is 1.12. The number of nitrogens with one attached hydrogen (secondary N) is 2. The molecule has 4 N–H and O–H groups in total. The largest absolute Gasteiger partial charge is 0.319 e. The zero-order valence-electron chi connectivity index (χ0n) is 9.51. The molecule has 0 fully saturated rings. The molecule has 0 radical (unpaired) electrons. The number of nitrogens with two attached hydrogens (primary N) is 1. The minimum atomic E-state index is -0.315. The molecular weight excluding hydrogens is 300 g/mol. The number of nitrogens with zero attached hydrogens (tertiary/aromatic N) is 3. The van der Waals surface area contributed by atoms with Crippen LogP contribution in [0.5, 0.6) is 0 Å². The minimum Gasteiger partial charge on any atom is -0.319 e. The number of aryl methyl sites for hydroxylation is 1. The van der Waals surface area contributed by atoms with E-state index in [0.717, 1.165) is 0 Å². The van der Waals surface area contributed by atoms with Crippen LogP contribution < -0.4 is 16.6 Å². The zero-order valence-corrected chi connectivity index (χ0v) is 11.1. The normalized spacial score (nSPS) is 10.2. The summed E-state index contributed by atoms with van der Waals surface area (Å²) in [5.41, 5.74) is 3.33. The molecule has 2 rings (SSSR count). The van der Waals surface area contributed by atoms with Crippen LogP contribution in [-0.2, 0) is 7.05 Å². The molecule has 8 heteroatoms. The molecule has 0 spiro atoms. The molecule has 0 unspecified atom stereocenters. The zero-order chi connectivity index (χ0) is 13.1. The highest BCUT2D eigenvalue weighted by Gasteiger charge is 2.13. The number of anilines is 2. The number of pyridine rings is 1. The van der Waals surface area contributed by atoms with Crippen molar-refractivity contribution in [3.63, 3.8) is 0 Å². The van der Waals surface area contributed by atoms with Gasteiger partial charge < -0.3 is 10.7 Å². The summed E-state index contributed by atoms with van der Waals surface area (Å²) in [6.45, 7) is 0. The summed E-state index contributed by atoms with van der Waals surface area (Å²) >= 11 is 3.26. The van der Waals surface area contributed by atoms with Gasteiger partial charge in [-0.05, 0) is 22.0 Å². The summed E-state index contributed by atoms with van der Waals surface area (Å²) < 4.78 is 2.29. The molecule has 2 aromatic heterocycles. The number of hydrazine groups is 1. The molecule has 2 aromatic rings. The quantitative estimate of drug-likeness (QED) is 0.583. The third-order valence-corrected chi connectivity index (χ3v) is 2.63. The Balaban J connectivity index is 2.25. The van der Waals surface area contributed by atoms with Crippen LogP contribution >= 0.6 is 15.9 Å². The van der Waals surface area contributed by atoms with E-state index in [1.807, 2.05) is 0 Å². The summed E-state index contributed by atoms with van der Waals surface area (Å²) in [4.78, 5) is 16.1. The van der Waals surface area contributed by atoms with Crippen LogP contribution in [-0.4, -0.2) is 20.7 Å².